The zero-order chi connectivity index (χ0) is 19.9. The molecule has 0 saturated carbocycles. The lowest BCUT2D eigenvalue weighted by Crippen LogP contribution is -2.34. The summed E-state index contributed by atoms with van der Waals surface area (Å²) >= 11 is 0. The minimum absolute atomic E-state index is 0.00254. The van der Waals surface area contributed by atoms with E-state index in [1.165, 1.54) is 28.6 Å². The minimum atomic E-state index is -3.45. The number of hydrogen-bond donors (Lipinski definition) is 1. The fraction of sp³-hybridized carbons (Fsp3) is 0.316. The minimum Gasteiger partial charge on any atom is -0.497 e. The van der Waals surface area contributed by atoms with Crippen molar-refractivity contribution in [3.05, 3.63) is 59.9 Å². The predicted octanol–water partition coefficient (Wildman–Crippen LogP) is 2.67. The van der Waals surface area contributed by atoms with Gasteiger partial charge in [0.1, 0.15) is 11.6 Å². The Balaban J connectivity index is 1.92. The molecule has 27 heavy (non-hydrogen) atoms. The lowest BCUT2D eigenvalue weighted by molar-refractivity contribution is -0.116. The molecule has 0 saturated heterocycles. The van der Waals surface area contributed by atoms with Crippen LogP contribution in [0.3, 0.4) is 0 Å². The van der Waals surface area contributed by atoms with Gasteiger partial charge in [0.2, 0.25) is 15.9 Å². The van der Waals surface area contributed by atoms with Gasteiger partial charge in [0.05, 0.1) is 13.4 Å². The maximum absolute atomic E-state index is 12.9. The lowest BCUT2D eigenvalue weighted by atomic mass is 10.1. The molecule has 0 aromatic heterocycles. The van der Waals surface area contributed by atoms with Gasteiger partial charge in [-0.2, -0.15) is 0 Å². The van der Waals surface area contributed by atoms with Crippen molar-refractivity contribution in [3.8, 4) is 5.75 Å². The smallest absolute Gasteiger partial charge is 0.225 e. The standard InChI is InChI=1S/C19H23FN2O4S/c1-26-18-5-3-4-15(14-18)10-12-22(27(2,24)25)13-11-19(23)21-17-8-6-16(20)7-9-17/h3-9,14H,10-13H2,1-2H3,(H,21,23). The first-order valence-electron chi connectivity index (χ1n) is 8.41. The summed E-state index contributed by atoms with van der Waals surface area (Å²) in [4.78, 5) is 12.0. The Morgan fingerprint density at radius 3 is 2.48 bits per heavy atom. The SMILES string of the molecule is COc1cccc(CCN(CCC(=O)Nc2ccc(F)cc2)S(C)(=O)=O)c1. The summed E-state index contributed by atoms with van der Waals surface area (Å²) in [7, 11) is -1.88. The molecule has 0 bridgehead atoms. The molecule has 2 rings (SSSR count). The summed E-state index contributed by atoms with van der Waals surface area (Å²) in [5.41, 5.74) is 1.41. The third-order valence-corrected chi connectivity index (χ3v) is 5.27. The van der Waals surface area contributed by atoms with E-state index in [0.29, 0.717) is 17.9 Å². The van der Waals surface area contributed by atoms with Gasteiger partial charge >= 0.3 is 0 Å². The van der Waals surface area contributed by atoms with E-state index in [-0.39, 0.29) is 25.4 Å². The van der Waals surface area contributed by atoms with Crippen molar-refractivity contribution < 1.29 is 22.3 Å². The van der Waals surface area contributed by atoms with Crippen LogP contribution in [0.1, 0.15) is 12.0 Å². The third kappa shape index (κ3) is 6.99. The third-order valence-electron chi connectivity index (χ3n) is 3.97. The zero-order valence-electron chi connectivity index (χ0n) is 15.3. The Kier molecular flexibility index (Phi) is 7.32. The van der Waals surface area contributed by atoms with E-state index < -0.39 is 15.8 Å². The molecule has 0 atom stereocenters. The van der Waals surface area contributed by atoms with Gasteiger partial charge in [0, 0.05) is 25.2 Å². The molecule has 8 heteroatoms. The van der Waals surface area contributed by atoms with Gasteiger partial charge in [-0.3, -0.25) is 4.79 Å². The van der Waals surface area contributed by atoms with E-state index in [0.717, 1.165) is 11.8 Å². The lowest BCUT2D eigenvalue weighted by Gasteiger charge is -2.20. The number of nitrogens with one attached hydrogen (secondary N) is 1. The molecule has 0 spiro atoms. The van der Waals surface area contributed by atoms with Crippen LogP contribution in [0.5, 0.6) is 5.75 Å². The van der Waals surface area contributed by atoms with E-state index in [2.05, 4.69) is 5.32 Å². The Hall–Kier alpha value is -2.45. The highest BCUT2D eigenvalue weighted by molar-refractivity contribution is 7.88. The van der Waals surface area contributed by atoms with Gasteiger partial charge in [-0.15, -0.1) is 0 Å². The Morgan fingerprint density at radius 2 is 1.85 bits per heavy atom. The van der Waals surface area contributed by atoms with Gasteiger partial charge < -0.3 is 10.1 Å². The first-order valence-corrected chi connectivity index (χ1v) is 10.3. The van der Waals surface area contributed by atoms with Crippen molar-refractivity contribution in [2.75, 3.05) is 31.8 Å². The molecule has 146 valence electrons. The maximum atomic E-state index is 12.9. The molecule has 0 fully saturated rings. The number of amides is 1. The maximum Gasteiger partial charge on any atom is 0.225 e. The molecule has 0 heterocycles. The van der Waals surface area contributed by atoms with Crippen LogP contribution in [0.15, 0.2) is 48.5 Å². The van der Waals surface area contributed by atoms with Crippen LogP contribution >= 0.6 is 0 Å². The van der Waals surface area contributed by atoms with Gasteiger partial charge in [0.25, 0.3) is 0 Å². The second-order valence-electron chi connectivity index (χ2n) is 6.07. The van der Waals surface area contributed by atoms with E-state index >= 15 is 0 Å². The van der Waals surface area contributed by atoms with Crippen molar-refractivity contribution >= 4 is 21.6 Å². The quantitative estimate of drug-likeness (QED) is 0.710. The van der Waals surface area contributed by atoms with Crippen molar-refractivity contribution in [2.45, 2.75) is 12.8 Å². The molecule has 2 aromatic carbocycles. The monoisotopic (exact) mass is 394 g/mol. The zero-order valence-corrected chi connectivity index (χ0v) is 16.1. The summed E-state index contributed by atoms with van der Waals surface area (Å²) in [5.74, 6) is -0.0255. The second-order valence-corrected chi connectivity index (χ2v) is 8.05. The molecule has 0 aliphatic carbocycles. The van der Waals surface area contributed by atoms with Gasteiger partial charge in [-0.05, 0) is 48.4 Å². The molecule has 2 aromatic rings. The molecule has 6 nitrogen and oxygen atoms in total. The number of benzene rings is 2. The van der Waals surface area contributed by atoms with E-state index in [9.17, 15) is 17.6 Å². The van der Waals surface area contributed by atoms with Crippen molar-refractivity contribution in [2.24, 2.45) is 0 Å². The summed E-state index contributed by atoms with van der Waals surface area (Å²) in [6.45, 7) is 0.325. The number of carbonyl (C=O) groups is 1. The average Bonchev–Trinajstić information content (AvgIpc) is 2.62. The van der Waals surface area contributed by atoms with E-state index in [1.54, 1.807) is 7.11 Å². The number of sulfonamides is 1. The number of nitrogens with zero attached hydrogens (tertiary/aromatic N) is 1. The number of anilines is 1. The van der Waals surface area contributed by atoms with Crippen molar-refractivity contribution in [1.29, 1.82) is 0 Å². The molecular weight excluding hydrogens is 371 g/mol. The highest BCUT2D eigenvalue weighted by Crippen LogP contribution is 2.14. The normalized spacial score (nSPS) is 11.4. The summed E-state index contributed by atoms with van der Waals surface area (Å²) in [6.07, 6.45) is 1.63. The highest BCUT2D eigenvalue weighted by atomic mass is 32.2. The van der Waals surface area contributed by atoms with Crippen molar-refractivity contribution in [1.82, 2.24) is 4.31 Å². The largest absolute Gasteiger partial charge is 0.497 e. The molecule has 0 aliphatic heterocycles. The Labute approximate surface area is 159 Å². The average molecular weight is 394 g/mol. The second kappa shape index (κ2) is 9.48. The van der Waals surface area contributed by atoms with Gasteiger partial charge in [0.15, 0.2) is 0 Å². The van der Waals surface area contributed by atoms with Crippen LogP contribution < -0.4 is 10.1 Å². The molecule has 1 N–H and O–H groups in total. The molecule has 0 radical (unpaired) electrons. The molecule has 1 amide bonds. The molecule has 0 aliphatic rings. The van der Waals surface area contributed by atoms with E-state index in [4.69, 9.17) is 4.74 Å². The molecule has 0 unspecified atom stereocenters. The van der Waals surface area contributed by atoms with Crippen LogP contribution in [-0.2, 0) is 21.2 Å². The van der Waals surface area contributed by atoms with Crippen LogP contribution in [0.2, 0.25) is 0 Å². The van der Waals surface area contributed by atoms with Gasteiger partial charge in [-0.1, -0.05) is 12.1 Å². The summed E-state index contributed by atoms with van der Waals surface area (Å²) < 4.78 is 43.3. The highest BCUT2D eigenvalue weighted by Gasteiger charge is 2.18. The fourth-order valence-electron chi connectivity index (χ4n) is 2.51. The number of hydrogen-bond acceptors (Lipinski definition) is 4. The number of rotatable bonds is 9. The summed E-state index contributed by atoms with van der Waals surface area (Å²) in [5, 5.41) is 2.62. The first-order chi connectivity index (χ1) is 12.8. The van der Waals surface area contributed by atoms with E-state index in [1.807, 2.05) is 24.3 Å². The number of halogens is 1. The topological polar surface area (TPSA) is 75.7 Å². The number of carbonyl (C=O) groups excluding carboxylic acids is 1. The molecular formula is C19H23FN2O4S. The Bertz CT molecular complexity index is 870. The van der Waals surface area contributed by atoms with Crippen LogP contribution in [-0.4, -0.2) is 45.1 Å². The number of ether oxygens (including phenoxy) is 1. The Morgan fingerprint density at radius 1 is 1.15 bits per heavy atom. The van der Waals surface area contributed by atoms with Crippen LogP contribution in [0, 0.1) is 5.82 Å². The summed E-state index contributed by atoms with van der Waals surface area (Å²) in [6, 6.07) is 12.8. The fourth-order valence-corrected chi connectivity index (χ4v) is 3.35. The van der Waals surface area contributed by atoms with Crippen LogP contribution in [0.25, 0.3) is 0 Å². The predicted molar refractivity (Wildman–Crippen MR) is 103 cm³/mol. The van der Waals surface area contributed by atoms with Crippen LogP contribution in [0.4, 0.5) is 10.1 Å². The van der Waals surface area contributed by atoms with Gasteiger partial charge in [-0.25, -0.2) is 17.1 Å². The van der Waals surface area contributed by atoms with Crippen molar-refractivity contribution in [3.63, 3.8) is 0 Å². The number of methoxy groups -OCH3 is 1. The first kappa shape index (κ1) is 20.9.